The number of nitrogens with two attached hydrogens (primary N) is 1. The molecule has 0 aliphatic heterocycles. The lowest BCUT2D eigenvalue weighted by Crippen LogP contribution is -2.41. The van der Waals surface area contributed by atoms with Gasteiger partial charge in [0.1, 0.15) is 18.4 Å². The summed E-state index contributed by atoms with van der Waals surface area (Å²) in [7, 11) is 0. The number of alkyl halides is 3. The summed E-state index contributed by atoms with van der Waals surface area (Å²) in [6.45, 7) is 9.24. The normalized spacial score (nSPS) is 11.5. The number of rotatable bonds is 14. The van der Waals surface area contributed by atoms with Gasteiger partial charge in [-0.1, -0.05) is 18.2 Å². The van der Waals surface area contributed by atoms with Gasteiger partial charge in [-0.05, 0) is 92.7 Å². The fourth-order valence-electron chi connectivity index (χ4n) is 5.00. The third-order valence-electron chi connectivity index (χ3n) is 7.12. The summed E-state index contributed by atoms with van der Waals surface area (Å²) in [6, 6.07) is 18.9. The van der Waals surface area contributed by atoms with Crippen molar-refractivity contribution in [3.63, 3.8) is 0 Å². The zero-order valence-electron chi connectivity index (χ0n) is 29.8. The van der Waals surface area contributed by atoms with Crippen LogP contribution < -0.4 is 25.8 Å². The molecule has 13 nitrogen and oxygen atoms in total. The van der Waals surface area contributed by atoms with Crippen LogP contribution in [0.4, 0.5) is 30.4 Å². The van der Waals surface area contributed by atoms with Crippen molar-refractivity contribution in [3.05, 3.63) is 84.1 Å². The quantitative estimate of drug-likeness (QED) is 0.106. The van der Waals surface area contributed by atoms with Crippen LogP contribution in [0.2, 0.25) is 0 Å². The van der Waals surface area contributed by atoms with Crippen LogP contribution in [0.3, 0.4) is 0 Å². The van der Waals surface area contributed by atoms with Crippen molar-refractivity contribution in [2.75, 3.05) is 36.1 Å². The van der Waals surface area contributed by atoms with Crippen LogP contribution in [0.1, 0.15) is 51.8 Å². The third-order valence-corrected chi connectivity index (χ3v) is 7.12. The molecule has 16 heteroatoms. The summed E-state index contributed by atoms with van der Waals surface area (Å²) in [5.74, 6) is -2.45. The number of halogens is 3. The van der Waals surface area contributed by atoms with Crippen LogP contribution >= 0.6 is 0 Å². The lowest BCUT2D eigenvalue weighted by molar-refractivity contribution is -0.192. The number of pyridine rings is 1. The van der Waals surface area contributed by atoms with Crippen molar-refractivity contribution < 1.29 is 51.7 Å². The van der Waals surface area contributed by atoms with Crippen LogP contribution in [-0.2, 0) is 30.5 Å². The maximum absolute atomic E-state index is 14.6. The van der Waals surface area contributed by atoms with E-state index >= 15 is 0 Å². The second kappa shape index (κ2) is 19.0. The van der Waals surface area contributed by atoms with E-state index in [0.717, 1.165) is 10.8 Å². The molecule has 0 aliphatic rings. The molecule has 0 spiro atoms. The Hall–Kier alpha value is -6.06. The number of nitrogens with one attached hydrogen (secondary N) is 2. The molecule has 1 unspecified atom stereocenters. The number of anilines is 3. The Balaban J connectivity index is 0.000000980. The zero-order valence-corrected chi connectivity index (χ0v) is 29.8. The number of esters is 1. The van der Waals surface area contributed by atoms with E-state index in [9.17, 15) is 27.6 Å². The lowest BCUT2D eigenvalue weighted by Gasteiger charge is -2.29. The van der Waals surface area contributed by atoms with E-state index in [0.29, 0.717) is 46.4 Å². The van der Waals surface area contributed by atoms with Crippen molar-refractivity contribution in [2.24, 2.45) is 0 Å². The third kappa shape index (κ3) is 12.6. The Labute approximate surface area is 304 Å². The number of carbonyl (C=O) groups excluding carboxylic acids is 3. The molecule has 3 aromatic carbocycles. The first-order chi connectivity index (χ1) is 25.0. The van der Waals surface area contributed by atoms with Crippen molar-refractivity contribution in [3.8, 4) is 11.5 Å². The Kier molecular flexibility index (Phi) is 14.8. The van der Waals surface area contributed by atoms with Crippen LogP contribution in [0.15, 0.2) is 72.9 Å². The summed E-state index contributed by atoms with van der Waals surface area (Å²) in [5, 5.41) is 14.9. The summed E-state index contributed by atoms with van der Waals surface area (Å²) >= 11 is 0. The minimum atomic E-state index is -5.08. The first-order valence-electron chi connectivity index (χ1n) is 16.5. The number of hydrogen-bond acceptors (Lipinski definition) is 10. The molecule has 2 amide bonds. The van der Waals surface area contributed by atoms with Gasteiger partial charge in [0.05, 0.1) is 19.3 Å². The van der Waals surface area contributed by atoms with E-state index in [1.165, 1.54) is 11.8 Å². The number of aromatic nitrogens is 1. The summed E-state index contributed by atoms with van der Waals surface area (Å²) in [4.78, 5) is 53.6. The largest absolute Gasteiger partial charge is 0.490 e. The topological polar surface area (TPSA) is 182 Å². The van der Waals surface area contributed by atoms with E-state index in [2.05, 4.69) is 15.6 Å². The number of carbonyl (C=O) groups is 4. The molecule has 4 aromatic rings. The summed E-state index contributed by atoms with van der Waals surface area (Å²) in [6.07, 6.45) is -3.60. The molecule has 1 heterocycles. The molecular weight excluding hydrogens is 699 g/mol. The first kappa shape index (κ1) is 41.4. The number of amides is 2. The second-order valence-corrected chi connectivity index (χ2v) is 11.7. The molecule has 284 valence electrons. The number of fused-ring (bicyclic) bond motifs is 1. The Morgan fingerprint density at radius 1 is 0.943 bits per heavy atom. The Morgan fingerprint density at radius 3 is 2.28 bits per heavy atom. The highest BCUT2D eigenvalue weighted by Crippen LogP contribution is 2.34. The molecule has 0 bridgehead atoms. The van der Waals surface area contributed by atoms with Gasteiger partial charge in [0.25, 0.3) is 5.91 Å². The number of aliphatic carboxylic acids is 1. The predicted molar refractivity (Wildman–Crippen MR) is 192 cm³/mol. The standard InChI is InChI=1S/C35H41N5O6.C2HF3O2/c1-6-44-30-14-11-26(19-31(30)46-22(3)4)33(39-28-12-13-29-25(18-28)15-16-37-34(29)36)35(43)40(21-32(42)45-7-2)20-24-9-8-10-27(17-24)38-23(5)41;3-2(4,5)1(6)7/h8-19,22,33,39H,6-7,20-21H2,1-5H3,(H2,36,37)(H,38,41);(H,6,7). The minimum Gasteiger partial charge on any atom is -0.490 e. The predicted octanol–water partition coefficient (Wildman–Crippen LogP) is 6.34. The van der Waals surface area contributed by atoms with Crippen molar-refractivity contribution in [1.29, 1.82) is 0 Å². The number of nitrogen functional groups attached to an aromatic ring is 1. The number of hydrogen-bond donors (Lipinski definition) is 4. The van der Waals surface area contributed by atoms with Crippen molar-refractivity contribution in [1.82, 2.24) is 9.88 Å². The van der Waals surface area contributed by atoms with Crippen molar-refractivity contribution >= 4 is 51.7 Å². The molecule has 1 atom stereocenters. The van der Waals surface area contributed by atoms with Gasteiger partial charge in [0, 0.05) is 36.4 Å². The molecule has 0 radical (unpaired) electrons. The van der Waals surface area contributed by atoms with E-state index in [1.807, 2.05) is 51.1 Å². The fraction of sp³-hybridized carbons (Fsp3) is 0.324. The first-order valence-corrected chi connectivity index (χ1v) is 16.5. The minimum absolute atomic E-state index is 0.0789. The molecule has 0 saturated carbocycles. The fourth-order valence-corrected chi connectivity index (χ4v) is 5.00. The molecule has 4 rings (SSSR count). The average molecular weight is 742 g/mol. The molecule has 0 saturated heterocycles. The van der Waals surface area contributed by atoms with Gasteiger partial charge in [-0.3, -0.25) is 14.4 Å². The maximum Gasteiger partial charge on any atom is 0.490 e. The van der Waals surface area contributed by atoms with Gasteiger partial charge < -0.3 is 40.6 Å². The van der Waals surface area contributed by atoms with Gasteiger partial charge >= 0.3 is 18.1 Å². The van der Waals surface area contributed by atoms with Gasteiger partial charge in [-0.2, -0.15) is 13.2 Å². The zero-order chi connectivity index (χ0) is 39.3. The van der Waals surface area contributed by atoms with Gasteiger partial charge in [0.15, 0.2) is 11.5 Å². The van der Waals surface area contributed by atoms with Crippen molar-refractivity contribution in [2.45, 2.75) is 59.5 Å². The smallest absolute Gasteiger partial charge is 0.490 e. The Morgan fingerprint density at radius 2 is 1.66 bits per heavy atom. The Bertz CT molecular complexity index is 1900. The van der Waals surface area contributed by atoms with Crippen LogP contribution in [0.5, 0.6) is 11.5 Å². The number of carboxylic acid groups (broad SMARTS) is 1. The molecule has 1 aromatic heterocycles. The van der Waals surface area contributed by atoms with E-state index in [1.54, 1.807) is 49.5 Å². The van der Waals surface area contributed by atoms with E-state index in [4.69, 9.17) is 29.8 Å². The van der Waals surface area contributed by atoms with Crippen LogP contribution in [-0.4, -0.2) is 70.8 Å². The molecule has 53 heavy (non-hydrogen) atoms. The highest BCUT2D eigenvalue weighted by Gasteiger charge is 2.38. The van der Waals surface area contributed by atoms with Gasteiger partial charge in [-0.25, -0.2) is 9.78 Å². The molecule has 0 fully saturated rings. The summed E-state index contributed by atoms with van der Waals surface area (Å²) < 4.78 is 48.9. The van der Waals surface area contributed by atoms with Crippen LogP contribution in [0, 0.1) is 0 Å². The second-order valence-electron chi connectivity index (χ2n) is 11.7. The number of nitrogens with zero attached hydrogens (tertiary/aromatic N) is 2. The van der Waals surface area contributed by atoms with E-state index < -0.39 is 24.2 Å². The molecule has 5 N–H and O–H groups in total. The monoisotopic (exact) mass is 741 g/mol. The maximum atomic E-state index is 14.6. The molecule has 0 aliphatic carbocycles. The molecular formula is C37H42F3N5O8. The SMILES string of the molecule is CCOC(=O)CN(Cc1cccc(NC(C)=O)c1)C(=O)C(Nc1ccc2c(N)nccc2c1)c1ccc(OCC)c(OC(C)C)c1.O=C(O)C(F)(F)F. The average Bonchev–Trinajstić information content (AvgIpc) is 3.07. The number of ether oxygens (including phenoxy) is 3. The number of benzene rings is 3. The van der Waals surface area contributed by atoms with Crippen LogP contribution in [0.25, 0.3) is 10.8 Å². The summed E-state index contributed by atoms with van der Waals surface area (Å²) in [5.41, 5.74) is 8.62. The highest BCUT2D eigenvalue weighted by atomic mass is 19.4. The van der Waals surface area contributed by atoms with Gasteiger partial charge in [0.2, 0.25) is 5.91 Å². The number of carboxylic acids is 1. The highest BCUT2D eigenvalue weighted by molar-refractivity contribution is 5.94. The van der Waals surface area contributed by atoms with E-state index in [-0.39, 0.29) is 37.6 Å². The van der Waals surface area contributed by atoms with Gasteiger partial charge in [-0.15, -0.1) is 0 Å². The lowest BCUT2D eigenvalue weighted by atomic mass is 10.0.